The number of anilines is 1. The first kappa shape index (κ1) is 16.8. The van der Waals surface area contributed by atoms with Crippen LogP contribution in [0, 0.1) is 6.92 Å². The number of rotatable bonds is 3. The molecule has 21 heavy (non-hydrogen) atoms. The van der Waals surface area contributed by atoms with Gasteiger partial charge in [-0.2, -0.15) is 13.2 Å². The predicted octanol–water partition coefficient (Wildman–Crippen LogP) is 6.32. The molecular formula is C12H8BrClF3NOS2. The zero-order valence-corrected chi connectivity index (χ0v) is 14.4. The van der Waals surface area contributed by atoms with Gasteiger partial charge in [0.25, 0.3) is 0 Å². The highest BCUT2D eigenvalue weighted by Gasteiger charge is 2.33. The van der Waals surface area contributed by atoms with E-state index in [4.69, 9.17) is 11.6 Å². The van der Waals surface area contributed by atoms with Gasteiger partial charge in [0.1, 0.15) is 10.1 Å². The van der Waals surface area contributed by atoms with E-state index in [0.717, 1.165) is 26.4 Å². The van der Waals surface area contributed by atoms with Gasteiger partial charge in [-0.1, -0.05) is 11.6 Å². The highest BCUT2D eigenvalue weighted by atomic mass is 79.9. The summed E-state index contributed by atoms with van der Waals surface area (Å²) >= 11 is 11.9. The molecule has 2 rings (SSSR count). The summed E-state index contributed by atoms with van der Waals surface area (Å²) in [4.78, 5) is 1.82. The third kappa shape index (κ3) is 3.80. The van der Waals surface area contributed by atoms with Crippen molar-refractivity contribution < 1.29 is 18.3 Å². The SMILES string of the molecule is Cc1sc(Cl)c(Br)c1SNc1ccc(C(F)(F)F)c(O)c1. The lowest BCUT2D eigenvalue weighted by Crippen LogP contribution is -2.05. The quantitative estimate of drug-likeness (QED) is 0.572. The Balaban J connectivity index is 2.16. The molecule has 114 valence electrons. The van der Waals surface area contributed by atoms with E-state index < -0.39 is 17.5 Å². The first-order chi connectivity index (χ1) is 9.70. The average Bonchev–Trinajstić information content (AvgIpc) is 2.60. The van der Waals surface area contributed by atoms with Crippen LogP contribution < -0.4 is 4.72 Å². The zero-order valence-electron chi connectivity index (χ0n) is 10.4. The van der Waals surface area contributed by atoms with Crippen molar-refractivity contribution in [2.24, 2.45) is 0 Å². The van der Waals surface area contributed by atoms with E-state index in [1.54, 1.807) is 0 Å². The second-order valence-corrected chi connectivity index (χ2v) is 7.45. The molecule has 1 heterocycles. The monoisotopic (exact) mass is 417 g/mol. The van der Waals surface area contributed by atoms with Crippen LogP contribution in [-0.2, 0) is 6.18 Å². The molecule has 0 aliphatic heterocycles. The molecular weight excluding hydrogens is 411 g/mol. The van der Waals surface area contributed by atoms with E-state index in [1.165, 1.54) is 29.4 Å². The van der Waals surface area contributed by atoms with Gasteiger partial charge >= 0.3 is 6.18 Å². The maximum atomic E-state index is 12.5. The van der Waals surface area contributed by atoms with Crippen LogP contribution in [0.3, 0.4) is 0 Å². The Morgan fingerprint density at radius 1 is 1.38 bits per heavy atom. The molecule has 0 unspecified atom stereocenters. The van der Waals surface area contributed by atoms with Gasteiger partial charge in [0.15, 0.2) is 0 Å². The smallest absolute Gasteiger partial charge is 0.419 e. The van der Waals surface area contributed by atoms with Crippen molar-refractivity contribution >= 4 is 56.5 Å². The van der Waals surface area contributed by atoms with Crippen LogP contribution in [-0.4, -0.2) is 5.11 Å². The number of benzene rings is 1. The normalized spacial score (nSPS) is 11.7. The van der Waals surface area contributed by atoms with Crippen molar-refractivity contribution in [1.82, 2.24) is 0 Å². The van der Waals surface area contributed by atoms with Gasteiger partial charge in [-0.25, -0.2) is 0 Å². The van der Waals surface area contributed by atoms with E-state index >= 15 is 0 Å². The average molecular weight is 419 g/mol. The number of nitrogens with one attached hydrogen (secondary N) is 1. The minimum absolute atomic E-state index is 0.360. The third-order valence-corrected chi connectivity index (χ3v) is 6.55. The Hall–Kier alpha value is -0.570. The number of hydrogen-bond donors (Lipinski definition) is 2. The van der Waals surface area contributed by atoms with Crippen LogP contribution in [0.15, 0.2) is 27.6 Å². The largest absolute Gasteiger partial charge is 0.507 e. The highest BCUT2D eigenvalue weighted by molar-refractivity contribution is 9.10. The molecule has 0 bridgehead atoms. The lowest BCUT2D eigenvalue weighted by atomic mass is 10.2. The van der Waals surface area contributed by atoms with E-state index in [9.17, 15) is 18.3 Å². The third-order valence-electron chi connectivity index (χ3n) is 2.51. The first-order valence-corrected chi connectivity index (χ1v) is 8.28. The molecule has 1 aromatic heterocycles. The summed E-state index contributed by atoms with van der Waals surface area (Å²) in [5.74, 6) is -0.813. The minimum atomic E-state index is -4.57. The van der Waals surface area contributed by atoms with Crippen molar-refractivity contribution in [3.05, 3.63) is 37.4 Å². The maximum Gasteiger partial charge on any atom is 0.419 e. The number of aromatic hydroxyl groups is 1. The van der Waals surface area contributed by atoms with Gasteiger partial charge in [-0.3, -0.25) is 0 Å². The predicted molar refractivity (Wildman–Crippen MR) is 84.4 cm³/mol. The van der Waals surface area contributed by atoms with Gasteiger partial charge < -0.3 is 9.83 Å². The highest BCUT2D eigenvalue weighted by Crippen LogP contribution is 2.43. The summed E-state index contributed by atoms with van der Waals surface area (Å²) in [5, 5.41) is 9.44. The number of thiophene rings is 1. The molecule has 0 aliphatic carbocycles. The standard InChI is InChI=1S/C12H8BrClF3NOS2/c1-5-10(9(13)11(14)20-5)21-18-6-2-3-7(8(19)4-6)12(15,16)17/h2-4,18-19H,1H3. The number of halogens is 5. The van der Waals surface area contributed by atoms with E-state index in [-0.39, 0.29) is 0 Å². The summed E-state index contributed by atoms with van der Waals surface area (Å²) in [7, 11) is 0. The number of hydrogen-bond acceptors (Lipinski definition) is 4. The van der Waals surface area contributed by atoms with Crippen LogP contribution >= 0.6 is 50.8 Å². The van der Waals surface area contributed by atoms with Gasteiger partial charge in [0.05, 0.1) is 14.9 Å². The molecule has 0 spiro atoms. The lowest BCUT2D eigenvalue weighted by Gasteiger charge is -2.11. The fraction of sp³-hybridized carbons (Fsp3) is 0.167. The number of alkyl halides is 3. The van der Waals surface area contributed by atoms with E-state index in [1.807, 2.05) is 6.92 Å². The van der Waals surface area contributed by atoms with Crippen LogP contribution in [0.1, 0.15) is 10.4 Å². The molecule has 0 saturated heterocycles. The molecule has 0 aliphatic rings. The van der Waals surface area contributed by atoms with Crippen LogP contribution in [0.4, 0.5) is 18.9 Å². The first-order valence-electron chi connectivity index (χ1n) is 5.47. The van der Waals surface area contributed by atoms with Gasteiger partial charge in [0.2, 0.25) is 0 Å². The molecule has 1 aromatic carbocycles. The summed E-state index contributed by atoms with van der Waals surface area (Å²) in [6.07, 6.45) is -4.57. The van der Waals surface area contributed by atoms with E-state index in [0.29, 0.717) is 10.0 Å². The summed E-state index contributed by atoms with van der Waals surface area (Å²) in [6, 6.07) is 3.13. The van der Waals surface area contributed by atoms with Crippen molar-refractivity contribution in [1.29, 1.82) is 0 Å². The molecule has 2 nitrogen and oxygen atoms in total. The van der Waals surface area contributed by atoms with Crippen LogP contribution in [0.2, 0.25) is 4.34 Å². The zero-order chi connectivity index (χ0) is 15.8. The summed E-state index contributed by atoms with van der Waals surface area (Å²) in [5.41, 5.74) is -0.701. The van der Waals surface area contributed by atoms with Crippen molar-refractivity contribution in [3.63, 3.8) is 0 Å². The summed E-state index contributed by atoms with van der Waals surface area (Å²) in [6.45, 7) is 1.88. The fourth-order valence-electron chi connectivity index (χ4n) is 1.53. The summed E-state index contributed by atoms with van der Waals surface area (Å²) < 4.78 is 41.8. The number of aryl methyl sites for hydroxylation is 1. The second-order valence-electron chi connectivity index (χ2n) is 4.01. The van der Waals surface area contributed by atoms with Gasteiger partial charge in [0, 0.05) is 16.6 Å². The fourth-order valence-corrected chi connectivity index (χ4v) is 4.59. The molecule has 2 aromatic rings. The molecule has 0 radical (unpaired) electrons. The molecule has 0 atom stereocenters. The Kier molecular flexibility index (Phi) is 5.02. The number of phenolic OH excluding ortho intramolecular Hbond substituents is 1. The maximum absolute atomic E-state index is 12.5. The Labute approximate surface area is 140 Å². The molecule has 0 saturated carbocycles. The number of phenols is 1. The van der Waals surface area contributed by atoms with Crippen LogP contribution in [0.25, 0.3) is 0 Å². The molecule has 0 amide bonds. The Morgan fingerprint density at radius 2 is 2.05 bits per heavy atom. The minimum Gasteiger partial charge on any atom is -0.507 e. The van der Waals surface area contributed by atoms with Crippen molar-refractivity contribution in [3.8, 4) is 5.75 Å². The van der Waals surface area contributed by atoms with Crippen LogP contribution in [0.5, 0.6) is 5.75 Å². The lowest BCUT2D eigenvalue weighted by molar-refractivity contribution is -0.138. The van der Waals surface area contributed by atoms with Gasteiger partial charge in [-0.15, -0.1) is 11.3 Å². The Bertz CT molecular complexity index is 675. The van der Waals surface area contributed by atoms with E-state index in [2.05, 4.69) is 20.7 Å². The van der Waals surface area contributed by atoms with Gasteiger partial charge in [-0.05, 0) is 46.9 Å². The topological polar surface area (TPSA) is 32.3 Å². The second kappa shape index (κ2) is 6.28. The Morgan fingerprint density at radius 3 is 2.52 bits per heavy atom. The molecule has 2 N–H and O–H groups in total. The molecule has 9 heteroatoms. The van der Waals surface area contributed by atoms with Crippen molar-refractivity contribution in [2.75, 3.05) is 4.72 Å². The van der Waals surface area contributed by atoms with Crippen molar-refractivity contribution in [2.45, 2.75) is 18.0 Å². The molecule has 0 fully saturated rings.